The van der Waals surface area contributed by atoms with Crippen LogP contribution in [0.3, 0.4) is 0 Å². The summed E-state index contributed by atoms with van der Waals surface area (Å²) in [6, 6.07) is 0.382. The van der Waals surface area contributed by atoms with Gasteiger partial charge in [0.15, 0.2) is 5.96 Å². The molecule has 0 bridgehead atoms. The van der Waals surface area contributed by atoms with Crippen LogP contribution in [-0.4, -0.2) is 45.8 Å². The van der Waals surface area contributed by atoms with Gasteiger partial charge in [-0.05, 0) is 32.6 Å². The van der Waals surface area contributed by atoms with E-state index in [4.69, 9.17) is 0 Å². The molecule has 1 aromatic rings. The average Bonchev–Trinajstić information content (AvgIpc) is 3.02. The van der Waals surface area contributed by atoms with Crippen LogP contribution in [0.15, 0.2) is 10.4 Å². The van der Waals surface area contributed by atoms with Gasteiger partial charge in [-0.15, -0.1) is 35.3 Å². The predicted octanol–water partition coefficient (Wildman–Crippen LogP) is 3.25. The monoisotopic (exact) mass is 498 g/mol. The molecule has 0 saturated heterocycles. The minimum Gasteiger partial charge on any atom is -0.356 e. The summed E-state index contributed by atoms with van der Waals surface area (Å²) >= 11 is 1.73. The zero-order valence-corrected chi connectivity index (χ0v) is 19.4. The Balaban J connectivity index is 0.00000312. The first kappa shape index (κ1) is 22.8. The molecule has 1 heterocycles. The fraction of sp³-hybridized carbons (Fsp3) is 0.765. The third kappa shape index (κ3) is 7.90. The van der Waals surface area contributed by atoms with Gasteiger partial charge in [-0.3, -0.25) is 9.20 Å². The zero-order chi connectivity index (χ0) is 17.4. The first-order valence-corrected chi connectivity index (χ1v) is 11.1. The zero-order valence-electron chi connectivity index (χ0n) is 15.4. The van der Waals surface area contributed by atoms with Gasteiger partial charge in [0, 0.05) is 58.9 Å². The van der Waals surface area contributed by atoms with Crippen molar-refractivity contribution in [1.29, 1.82) is 0 Å². The summed E-state index contributed by atoms with van der Waals surface area (Å²) in [6.45, 7) is 4.93. The van der Waals surface area contributed by atoms with E-state index in [1.54, 1.807) is 11.3 Å². The van der Waals surface area contributed by atoms with E-state index < -0.39 is 10.8 Å². The molecule has 1 fully saturated rings. The number of aliphatic imine (C=N–C) groups is 1. The highest BCUT2D eigenvalue weighted by Crippen LogP contribution is 2.22. The molecule has 2 rings (SSSR count). The lowest BCUT2D eigenvalue weighted by atomic mass is 9.95. The Hall–Kier alpha value is -0.220. The molecule has 1 aromatic heterocycles. The number of nitrogens with one attached hydrogen (secondary N) is 2. The van der Waals surface area contributed by atoms with Gasteiger partial charge in [-0.2, -0.15) is 0 Å². The van der Waals surface area contributed by atoms with Crippen LogP contribution in [0.4, 0.5) is 0 Å². The maximum Gasteiger partial charge on any atom is 0.191 e. The van der Waals surface area contributed by atoms with Gasteiger partial charge in [0.1, 0.15) is 0 Å². The molecular weight excluding hydrogens is 467 g/mol. The van der Waals surface area contributed by atoms with Crippen molar-refractivity contribution in [2.24, 2.45) is 4.99 Å². The third-order valence-electron chi connectivity index (χ3n) is 4.37. The van der Waals surface area contributed by atoms with E-state index in [0.717, 1.165) is 62.5 Å². The highest BCUT2D eigenvalue weighted by atomic mass is 127. The van der Waals surface area contributed by atoms with E-state index in [2.05, 4.69) is 26.0 Å². The van der Waals surface area contributed by atoms with Gasteiger partial charge in [-0.25, -0.2) is 4.98 Å². The molecule has 25 heavy (non-hydrogen) atoms. The van der Waals surface area contributed by atoms with Gasteiger partial charge in [0.2, 0.25) is 0 Å². The number of halogens is 1. The van der Waals surface area contributed by atoms with Crippen LogP contribution in [0.2, 0.25) is 0 Å². The molecule has 0 radical (unpaired) electrons. The predicted molar refractivity (Wildman–Crippen MR) is 120 cm³/mol. The minimum absolute atomic E-state index is 0. The van der Waals surface area contributed by atoms with E-state index >= 15 is 0 Å². The summed E-state index contributed by atoms with van der Waals surface area (Å²) in [4.78, 5) is 8.82. The van der Waals surface area contributed by atoms with E-state index in [1.165, 1.54) is 5.01 Å². The Kier molecular flexibility index (Phi) is 11.2. The molecule has 5 nitrogen and oxygen atoms in total. The Labute approximate surface area is 175 Å². The van der Waals surface area contributed by atoms with E-state index in [9.17, 15) is 4.21 Å². The van der Waals surface area contributed by atoms with Gasteiger partial charge < -0.3 is 10.6 Å². The maximum atomic E-state index is 12.0. The molecule has 144 valence electrons. The number of aromatic nitrogens is 1. The van der Waals surface area contributed by atoms with Gasteiger partial charge in [0.25, 0.3) is 0 Å². The van der Waals surface area contributed by atoms with Gasteiger partial charge in [0.05, 0.1) is 5.01 Å². The van der Waals surface area contributed by atoms with E-state index in [1.807, 2.05) is 20.9 Å². The fourth-order valence-electron chi connectivity index (χ4n) is 3.10. The number of guanidine groups is 1. The molecule has 3 unspecified atom stereocenters. The topological polar surface area (TPSA) is 66.4 Å². The lowest BCUT2D eigenvalue weighted by Gasteiger charge is -2.30. The highest BCUT2D eigenvalue weighted by Gasteiger charge is 2.25. The molecule has 0 spiro atoms. The van der Waals surface area contributed by atoms with Crippen molar-refractivity contribution in [1.82, 2.24) is 15.6 Å². The quantitative estimate of drug-likeness (QED) is 0.262. The lowest BCUT2D eigenvalue weighted by molar-refractivity contribution is 0.413. The van der Waals surface area contributed by atoms with Gasteiger partial charge >= 0.3 is 0 Å². The molecule has 0 amide bonds. The first-order valence-electron chi connectivity index (χ1n) is 8.87. The average molecular weight is 499 g/mol. The number of thiazole rings is 1. The van der Waals surface area contributed by atoms with Crippen molar-refractivity contribution in [3.05, 3.63) is 16.1 Å². The number of hydrogen-bond acceptors (Lipinski definition) is 4. The minimum atomic E-state index is -0.683. The van der Waals surface area contributed by atoms with Crippen LogP contribution in [0.1, 0.15) is 49.7 Å². The molecule has 8 heteroatoms. The summed E-state index contributed by atoms with van der Waals surface area (Å²) in [6.07, 6.45) is 6.41. The molecule has 1 aliphatic rings. The second kappa shape index (κ2) is 12.2. The SMILES string of the molecule is CCS(=O)C1CCCC(NC(=NC)NCCCc2nc(C)cs2)C1.I. The number of nitrogens with zero attached hydrogens (tertiary/aromatic N) is 2. The summed E-state index contributed by atoms with van der Waals surface area (Å²) in [7, 11) is 1.13. The van der Waals surface area contributed by atoms with Crippen molar-refractivity contribution in [3.63, 3.8) is 0 Å². The fourth-order valence-corrected chi connectivity index (χ4v) is 5.27. The molecule has 1 aliphatic carbocycles. The Morgan fingerprint density at radius 3 is 2.92 bits per heavy atom. The largest absolute Gasteiger partial charge is 0.356 e. The Morgan fingerprint density at radius 1 is 1.48 bits per heavy atom. The van der Waals surface area contributed by atoms with Crippen molar-refractivity contribution in [3.8, 4) is 0 Å². The van der Waals surface area contributed by atoms with Crippen molar-refractivity contribution < 1.29 is 4.21 Å². The van der Waals surface area contributed by atoms with Crippen LogP contribution in [-0.2, 0) is 17.2 Å². The molecule has 0 aromatic carbocycles. The summed E-state index contributed by atoms with van der Waals surface area (Å²) in [5, 5.41) is 10.5. The summed E-state index contributed by atoms with van der Waals surface area (Å²) in [5.41, 5.74) is 1.11. The van der Waals surface area contributed by atoms with Crippen LogP contribution in [0, 0.1) is 6.92 Å². The molecular formula is C17H31IN4OS2. The highest BCUT2D eigenvalue weighted by molar-refractivity contribution is 14.0. The number of hydrogen-bond donors (Lipinski definition) is 2. The standard InChI is InChI=1S/C17H30N4OS2.HI/c1-4-24(22)15-8-5-7-14(11-15)21-17(18-3)19-10-6-9-16-20-13(2)12-23-16;/h12,14-15H,4-11H2,1-3H3,(H2,18,19,21);1H. The second-order valence-electron chi connectivity index (χ2n) is 6.28. The molecule has 0 aliphatic heterocycles. The number of aryl methyl sites for hydroxylation is 2. The van der Waals surface area contributed by atoms with Crippen LogP contribution >= 0.6 is 35.3 Å². The normalized spacial score (nSPS) is 22.1. The van der Waals surface area contributed by atoms with Crippen molar-refractivity contribution >= 4 is 52.1 Å². The first-order chi connectivity index (χ1) is 11.6. The van der Waals surface area contributed by atoms with Crippen LogP contribution in [0.5, 0.6) is 0 Å². The van der Waals surface area contributed by atoms with Crippen LogP contribution < -0.4 is 10.6 Å². The lowest BCUT2D eigenvalue weighted by Crippen LogP contribution is -2.46. The third-order valence-corrected chi connectivity index (χ3v) is 7.14. The van der Waals surface area contributed by atoms with E-state index in [-0.39, 0.29) is 24.0 Å². The van der Waals surface area contributed by atoms with Gasteiger partial charge in [-0.1, -0.05) is 13.3 Å². The van der Waals surface area contributed by atoms with E-state index in [0.29, 0.717) is 11.3 Å². The second-order valence-corrected chi connectivity index (χ2v) is 9.23. The molecule has 2 N–H and O–H groups in total. The van der Waals surface area contributed by atoms with Crippen molar-refractivity contribution in [2.45, 2.75) is 63.7 Å². The summed E-state index contributed by atoms with van der Waals surface area (Å²) in [5.74, 6) is 1.62. The Bertz CT molecular complexity index is 565. The Morgan fingerprint density at radius 2 is 2.28 bits per heavy atom. The number of rotatable bonds is 7. The molecule has 1 saturated carbocycles. The summed E-state index contributed by atoms with van der Waals surface area (Å²) < 4.78 is 12.0. The maximum absolute atomic E-state index is 12.0. The smallest absolute Gasteiger partial charge is 0.191 e. The van der Waals surface area contributed by atoms with Crippen molar-refractivity contribution in [2.75, 3.05) is 19.3 Å². The molecule has 3 atom stereocenters. The van der Waals surface area contributed by atoms with Crippen LogP contribution in [0.25, 0.3) is 0 Å².